The number of carbonyl (C=O) groups is 1. The lowest BCUT2D eigenvalue weighted by atomic mass is 10.1. The number of thioether (sulfide) groups is 1. The minimum absolute atomic E-state index is 0.144. The van der Waals surface area contributed by atoms with Crippen molar-refractivity contribution < 1.29 is 4.79 Å². The van der Waals surface area contributed by atoms with Gasteiger partial charge in [-0.25, -0.2) is 15.0 Å². The molecule has 2 aromatic heterocycles. The van der Waals surface area contributed by atoms with Gasteiger partial charge < -0.3 is 5.32 Å². The average molecular weight is 495 g/mol. The second kappa shape index (κ2) is 10.6. The predicted octanol–water partition coefficient (Wildman–Crippen LogP) is 6.97. The van der Waals surface area contributed by atoms with E-state index < -0.39 is 0 Å². The minimum atomic E-state index is -0.144. The Hall–Kier alpha value is -3.81. The fourth-order valence-electron chi connectivity index (χ4n) is 3.60. The number of amides is 1. The fourth-order valence-corrected chi connectivity index (χ4v) is 5.31. The van der Waals surface area contributed by atoms with Crippen molar-refractivity contribution in [3.63, 3.8) is 0 Å². The number of anilines is 1. The van der Waals surface area contributed by atoms with Gasteiger partial charge in [0.1, 0.15) is 0 Å². The van der Waals surface area contributed by atoms with Crippen molar-refractivity contribution in [2.45, 2.75) is 12.1 Å². The van der Waals surface area contributed by atoms with E-state index in [1.165, 1.54) is 23.1 Å². The van der Waals surface area contributed by atoms with Gasteiger partial charge in [-0.05, 0) is 18.6 Å². The van der Waals surface area contributed by atoms with Crippen molar-refractivity contribution in [2.75, 3.05) is 11.1 Å². The summed E-state index contributed by atoms with van der Waals surface area (Å²) in [5.74, 6) is 0.0489. The molecule has 0 atom stereocenters. The van der Waals surface area contributed by atoms with E-state index >= 15 is 0 Å². The van der Waals surface area contributed by atoms with Crippen molar-refractivity contribution in [1.29, 1.82) is 0 Å². The molecule has 5 nitrogen and oxygen atoms in total. The SMILES string of the molecule is Cc1cc(-c2ccccc2)nc(SCC(=O)Nc2nc(-c3ccccc3)c(-c3ccccc3)s2)n1. The van der Waals surface area contributed by atoms with Gasteiger partial charge in [0.25, 0.3) is 0 Å². The van der Waals surface area contributed by atoms with Crippen LogP contribution in [0.4, 0.5) is 5.13 Å². The second-order valence-corrected chi connectivity index (χ2v) is 9.75. The molecule has 0 bridgehead atoms. The summed E-state index contributed by atoms with van der Waals surface area (Å²) in [6.07, 6.45) is 0. The molecular weight excluding hydrogens is 472 g/mol. The zero-order valence-corrected chi connectivity index (χ0v) is 20.6. The highest BCUT2D eigenvalue weighted by Crippen LogP contribution is 2.39. The van der Waals surface area contributed by atoms with Gasteiger partial charge in [-0.15, -0.1) is 0 Å². The molecule has 0 fully saturated rings. The largest absolute Gasteiger partial charge is 0.301 e. The van der Waals surface area contributed by atoms with Crippen LogP contribution in [0.2, 0.25) is 0 Å². The van der Waals surface area contributed by atoms with Crippen LogP contribution < -0.4 is 5.32 Å². The maximum Gasteiger partial charge on any atom is 0.236 e. The van der Waals surface area contributed by atoms with E-state index in [0.29, 0.717) is 10.3 Å². The molecule has 0 aliphatic carbocycles. The molecule has 0 aliphatic heterocycles. The monoisotopic (exact) mass is 494 g/mol. The van der Waals surface area contributed by atoms with Crippen LogP contribution in [0.3, 0.4) is 0 Å². The predicted molar refractivity (Wildman–Crippen MR) is 145 cm³/mol. The summed E-state index contributed by atoms with van der Waals surface area (Å²) < 4.78 is 0. The van der Waals surface area contributed by atoms with Gasteiger partial charge in [0.05, 0.1) is 22.0 Å². The van der Waals surface area contributed by atoms with E-state index in [1.54, 1.807) is 0 Å². The normalized spacial score (nSPS) is 10.8. The van der Waals surface area contributed by atoms with Gasteiger partial charge in [0.2, 0.25) is 5.91 Å². The number of benzene rings is 3. The molecule has 0 saturated carbocycles. The fraction of sp³-hybridized carbons (Fsp3) is 0.0714. The first-order chi connectivity index (χ1) is 17.2. The zero-order chi connectivity index (χ0) is 24.0. The Morgan fingerprint density at radius 1 is 0.800 bits per heavy atom. The lowest BCUT2D eigenvalue weighted by Crippen LogP contribution is -2.14. The molecule has 3 aromatic carbocycles. The Bertz CT molecular complexity index is 1380. The summed E-state index contributed by atoms with van der Waals surface area (Å²) in [6.45, 7) is 1.93. The van der Waals surface area contributed by atoms with Gasteiger partial charge in [0, 0.05) is 16.8 Å². The van der Waals surface area contributed by atoms with Crippen LogP contribution in [-0.4, -0.2) is 26.6 Å². The van der Waals surface area contributed by atoms with Crippen molar-refractivity contribution in [2.24, 2.45) is 0 Å². The van der Waals surface area contributed by atoms with Gasteiger partial charge in [-0.2, -0.15) is 0 Å². The number of carbonyl (C=O) groups excluding carboxylic acids is 1. The first-order valence-corrected chi connectivity index (χ1v) is 12.9. The van der Waals surface area contributed by atoms with Gasteiger partial charge in [0.15, 0.2) is 10.3 Å². The Balaban J connectivity index is 1.33. The van der Waals surface area contributed by atoms with E-state index in [9.17, 15) is 4.79 Å². The molecule has 0 aliphatic rings. The Morgan fingerprint density at radius 3 is 2.06 bits per heavy atom. The van der Waals surface area contributed by atoms with Crippen LogP contribution in [0, 0.1) is 6.92 Å². The number of aromatic nitrogens is 3. The highest BCUT2D eigenvalue weighted by molar-refractivity contribution is 7.99. The van der Waals surface area contributed by atoms with Gasteiger partial charge >= 0.3 is 0 Å². The number of hydrogen-bond donors (Lipinski definition) is 1. The Labute approximate surface area is 212 Å². The van der Waals surface area contributed by atoms with Crippen LogP contribution in [0.25, 0.3) is 33.0 Å². The molecule has 0 saturated heterocycles. The molecule has 35 heavy (non-hydrogen) atoms. The minimum Gasteiger partial charge on any atom is -0.301 e. The highest BCUT2D eigenvalue weighted by Gasteiger charge is 2.17. The number of aryl methyl sites for hydroxylation is 1. The van der Waals surface area contributed by atoms with Crippen LogP contribution in [0.5, 0.6) is 0 Å². The third kappa shape index (κ3) is 5.65. The third-order valence-electron chi connectivity index (χ3n) is 5.19. The molecule has 1 amide bonds. The van der Waals surface area contributed by atoms with Crippen LogP contribution in [-0.2, 0) is 4.79 Å². The lowest BCUT2D eigenvalue weighted by molar-refractivity contribution is -0.113. The summed E-state index contributed by atoms with van der Waals surface area (Å²) in [5.41, 5.74) is 5.68. The number of nitrogens with zero attached hydrogens (tertiary/aromatic N) is 3. The van der Waals surface area contributed by atoms with Gasteiger partial charge in [-0.3, -0.25) is 4.79 Å². The Kier molecular flexibility index (Phi) is 6.97. The van der Waals surface area contributed by atoms with Crippen LogP contribution in [0.15, 0.2) is 102 Å². The smallest absolute Gasteiger partial charge is 0.236 e. The van der Waals surface area contributed by atoms with E-state index in [-0.39, 0.29) is 11.7 Å². The maximum absolute atomic E-state index is 12.8. The summed E-state index contributed by atoms with van der Waals surface area (Å²) in [6, 6.07) is 32.0. The van der Waals surface area contributed by atoms with Crippen molar-refractivity contribution in [3.05, 3.63) is 103 Å². The van der Waals surface area contributed by atoms with E-state index in [2.05, 4.69) is 27.4 Å². The Morgan fingerprint density at radius 2 is 1.40 bits per heavy atom. The molecule has 2 heterocycles. The quantitative estimate of drug-likeness (QED) is 0.195. The first kappa shape index (κ1) is 23.0. The molecule has 5 aromatic rings. The van der Waals surface area contributed by atoms with Crippen molar-refractivity contribution in [1.82, 2.24) is 15.0 Å². The number of thiazole rings is 1. The summed E-state index contributed by atoms with van der Waals surface area (Å²) in [7, 11) is 0. The van der Waals surface area contributed by atoms with E-state index in [4.69, 9.17) is 4.98 Å². The second-order valence-electron chi connectivity index (χ2n) is 7.81. The van der Waals surface area contributed by atoms with Crippen molar-refractivity contribution >= 4 is 34.1 Å². The van der Waals surface area contributed by atoms with Crippen LogP contribution in [0.1, 0.15) is 5.69 Å². The zero-order valence-electron chi connectivity index (χ0n) is 19.0. The molecule has 7 heteroatoms. The lowest BCUT2D eigenvalue weighted by Gasteiger charge is -2.06. The number of nitrogens with one attached hydrogen (secondary N) is 1. The van der Waals surface area contributed by atoms with E-state index in [0.717, 1.165) is 38.6 Å². The number of rotatable bonds is 7. The summed E-state index contributed by atoms with van der Waals surface area (Å²) in [4.78, 5) is 27.7. The molecule has 5 rings (SSSR count). The standard InChI is InChI=1S/C28H22N4OS2/c1-19-17-23(20-11-5-2-6-12-20)30-27(29-19)34-18-24(33)31-28-32-25(21-13-7-3-8-14-21)26(35-28)22-15-9-4-10-16-22/h2-17H,18H2,1H3,(H,31,32,33). The van der Waals surface area contributed by atoms with Gasteiger partial charge in [-0.1, -0.05) is 114 Å². The maximum atomic E-state index is 12.8. The third-order valence-corrected chi connectivity index (χ3v) is 7.06. The molecular formula is C28H22N4OS2. The summed E-state index contributed by atoms with van der Waals surface area (Å²) in [5, 5.41) is 4.12. The van der Waals surface area contributed by atoms with Crippen molar-refractivity contribution in [3.8, 4) is 33.0 Å². The first-order valence-electron chi connectivity index (χ1n) is 11.1. The molecule has 0 radical (unpaired) electrons. The topological polar surface area (TPSA) is 67.8 Å². The average Bonchev–Trinajstić information content (AvgIpc) is 3.32. The van der Waals surface area contributed by atoms with Crippen LogP contribution >= 0.6 is 23.1 Å². The molecule has 172 valence electrons. The summed E-state index contributed by atoms with van der Waals surface area (Å²) >= 11 is 2.79. The molecule has 0 spiro atoms. The van der Waals surface area contributed by atoms with E-state index in [1.807, 2.05) is 91.9 Å². The highest BCUT2D eigenvalue weighted by atomic mass is 32.2. The number of hydrogen-bond acceptors (Lipinski definition) is 6. The molecule has 1 N–H and O–H groups in total. The molecule has 0 unspecified atom stereocenters.